The summed E-state index contributed by atoms with van der Waals surface area (Å²) in [5.74, 6) is 1.27. The Hall–Kier alpha value is -4.24. The maximum atomic E-state index is 13.0. The molecule has 0 bridgehead atoms. The molecule has 9 nitrogen and oxygen atoms in total. The van der Waals surface area contributed by atoms with Crippen molar-refractivity contribution in [3.05, 3.63) is 83.4 Å². The summed E-state index contributed by atoms with van der Waals surface area (Å²) in [7, 11) is 3.19. The fourth-order valence-electron chi connectivity index (χ4n) is 4.17. The van der Waals surface area contributed by atoms with E-state index >= 15 is 0 Å². The largest absolute Gasteiger partial charge is 0.497 e. The third-order valence-corrected chi connectivity index (χ3v) is 6.14. The van der Waals surface area contributed by atoms with Gasteiger partial charge in [-0.3, -0.25) is 4.79 Å². The normalized spacial score (nSPS) is 12.2. The van der Waals surface area contributed by atoms with Gasteiger partial charge in [-0.1, -0.05) is 24.3 Å². The number of hydrogen-bond acceptors (Lipinski definition) is 7. The standard InChI is InChI=1S/C31H37NO8/c1-5-38-24-13-9-23(10-14-24)28(17-22-15-26(36-3)19-27(16-22)37-4)32-30(33)20-40-25-11-7-21(8-12-25)18-29(31(34)35)39-6-2/h7-16,19,28-29H,5-6,17-18,20H2,1-4H3,(H,32,33)(H,34,35)/t28?,29-/m0/s1. The molecule has 0 spiro atoms. The van der Waals surface area contributed by atoms with E-state index in [1.54, 1.807) is 51.5 Å². The fourth-order valence-corrected chi connectivity index (χ4v) is 4.17. The van der Waals surface area contributed by atoms with Gasteiger partial charge in [0, 0.05) is 19.1 Å². The Kier molecular flexibility index (Phi) is 11.6. The van der Waals surface area contributed by atoms with Gasteiger partial charge in [0.05, 0.1) is 26.9 Å². The summed E-state index contributed by atoms with van der Waals surface area (Å²) in [6.45, 7) is 4.37. The third-order valence-electron chi connectivity index (χ3n) is 6.14. The van der Waals surface area contributed by atoms with Crippen LogP contribution in [0.15, 0.2) is 66.7 Å². The number of ether oxygens (including phenoxy) is 5. The van der Waals surface area contributed by atoms with Crippen LogP contribution in [0.4, 0.5) is 0 Å². The van der Waals surface area contributed by atoms with Crippen LogP contribution in [0.25, 0.3) is 0 Å². The van der Waals surface area contributed by atoms with E-state index in [1.807, 2.05) is 43.3 Å². The highest BCUT2D eigenvalue weighted by Gasteiger charge is 2.19. The number of aliphatic carboxylic acids is 1. The van der Waals surface area contributed by atoms with Crippen molar-refractivity contribution in [3.63, 3.8) is 0 Å². The number of carbonyl (C=O) groups excluding carboxylic acids is 1. The first-order valence-electron chi connectivity index (χ1n) is 13.1. The van der Waals surface area contributed by atoms with Crippen LogP contribution >= 0.6 is 0 Å². The second-order valence-electron chi connectivity index (χ2n) is 8.97. The van der Waals surface area contributed by atoms with Gasteiger partial charge < -0.3 is 34.1 Å². The second-order valence-corrected chi connectivity index (χ2v) is 8.97. The summed E-state index contributed by atoms with van der Waals surface area (Å²) < 4.78 is 27.4. The van der Waals surface area contributed by atoms with Crippen LogP contribution in [0, 0.1) is 0 Å². The minimum atomic E-state index is -1.01. The molecule has 3 aromatic carbocycles. The van der Waals surface area contributed by atoms with Gasteiger partial charge in [-0.15, -0.1) is 0 Å². The van der Waals surface area contributed by atoms with Gasteiger partial charge in [0.25, 0.3) is 5.91 Å². The molecule has 3 aromatic rings. The summed E-state index contributed by atoms with van der Waals surface area (Å²) in [5, 5.41) is 12.4. The quantitative estimate of drug-likeness (QED) is 0.265. The van der Waals surface area contributed by atoms with Gasteiger partial charge >= 0.3 is 5.97 Å². The zero-order chi connectivity index (χ0) is 28.9. The van der Waals surface area contributed by atoms with E-state index in [1.165, 1.54) is 0 Å². The second kappa shape index (κ2) is 15.4. The van der Waals surface area contributed by atoms with Crippen LogP contribution in [-0.2, 0) is 27.2 Å². The predicted molar refractivity (Wildman–Crippen MR) is 150 cm³/mol. The summed E-state index contributed by atoms with van der Waals surface area (Å²) in [6, 6.07) is 19.8. The lowest BCUT2D eigenvalue weighted by Crippen LogP contribution is -2.33. The highest BCUT2D eigenvalue weighted by atomic mass is 16.5. The Morgan fingerprint density at radius 3 is 1.90 bits per heavy atom. The molecule has 0 aliphatic carbocycles. The average Bonchev–Trinajstić information content (AvgIpc) is 2.96. The molecule has 2 atom stereocenters. The number of carboxylic acids is 1. The van der Waals surface area contributed by atoms with Crippen molar-refractivity contribution >= 4 is 11.9 Å². The number of carboxylic acid groups (broad SMARTS) is 1. The van der Waals surface area contributed by atoms with Crippen molar-refractivity contribution < 1.29 is 38.4 Å². The number of hydrogen-bond donors (Lipinski definition) is 2. The van der Waals surface area contributed by atoms with Crippen LogP contribution in [0.5, 0.6) is 23.0 Å². The van der Waals surface area contributed by atoms with Crippen LogP contribution < -0.4 is 24.3 Å². The molecule has 40 heavy (non-hydrogen) atoms. The van der Waals surface area contributed by atoms with Crippen molar-refractivity contribution in [1.29, 1.82) is 0 Å². The first-order chi connectivity index (χ1) is 19.3. The molecule has 2 N–H and O–H groups in total. The molecule has 214 valence electrons. The number of nitrogens with one attached hydrogen (secondary N) is 1. The molecule has 0 fully saturated rings. The molecular formula is C31H37NO8. The van der Waals surface area contributed by atoms with E-state index in [4.69, 9.17) is 23.7 Å². The molecule has 0 heterocycles. The lowest BCUT2D eigenvalue weighted by atomic mass is 9.98. The first-order valence-corrected chi connectivity index (χ1v) is 13.1. The van der Waals surface area contributed by atoms with Crippen molar-refractivity contribution in [3.8, 4) is 23.0 Å². The molecule has 0 aromatic heterocycles. The van der Waals surface area contributed by atoms with E-state index in [9.17, 15) is 14.7 Å². The molecule has 0 aliphatic heterocycles. The van der Waals surface area contributed by atoms with Crippen molar-refractivity contribution in [2.24, 2.45) is 0 Å². The summed E-state index contributed by atoms with van der Waals surface area (Å²) in [5.41, 5.74) is 2.63. The average molecular weight is 552 g/mol. The fraction of sp³-hybridized carbons (Fsp3) is 0.355. The summed E-state index contributed by atoms with van der Waals surface area (Å²) >= 11 is 0. The van der Waals surface area contributed by atoms with Crippen LogP contribution in [-0.4, -0.2) is 57.1 Å². The lowest BCUT2D eigenvalue weighted by molar-refractivity contribution is -0.150. The number of rotatable bonds is 16. The Morgan fingerprint density at radius 1 is 0.750 bits per heavy atom. The summed E-state index contributed by atoms with van der Waals surface area (Å²) in [6.07, 6.45) is -0.179. The highest BCUT2D eigenvalue weighted by Crippen LogP contribution is 2.27. The SMILES string of the molecule is CCOc1ccc(C(Cc2cc(OC)cc(OC)c2)NC(=O)COc2ccc(C[C@H](OCC)C(=O)O)cc2)cc1. The molecule has 1 unspecified atom stereocenters. The van der Waals surface area contributed by atoms with E-state index in [0.717, 1.165) is 22.4 Å². The van der Waals surface area contributed by atoms with E-state index in [2.05, 4.69) is 5.32 Å². The molecule has 0 aliphatic rings. The van der Waals surface area contributed by atoms with Gasteiger partial charge in [-0.2, -0.15) is 0 Å². The van der Waals surface area contributed by atoms with E-state index in [0.29, 0.717) is 36.9 Å². The minimum Gasteiger partial charge on any atom is -0.497 e. The Balaban J connectivity index is 1.69. The number of methoxy groups -OCH3 is 2. The van der Waals surface area contributed by atoms with Crippen LogP contribution in [0.1, 0.15) is 36.6 Å². The number of amides is 1. The zero-order valence-corrected chi connectivity index (χ0v) is 23.3. The van der Waals surface area contributed by atoms with Gasteiger partial charge in [-0.05, 0) is 73.4 Å². The molecule has 0 radical (unpaired) electrons. The molecule has 3 rings (SSSR count). The monoisotopic (exact) mass is 551 g/mol. The Bertz CT molecular complexity index is 1200. The zero-order valence-electron chi connectivity index (χ0n) is 23.3. The van der Waals surface area contributed by atoms with Gasteiger partial charge in [0.15, 0.2) is 12.7 Å². The van der Waals surface area contributed by atoms with Crippen molar-refractivity contribution in [2.45, 2.75) is 38.8 Å². The molecule has 1 amide bonds. The van der Waals surface area contributed by atoms with Crippen LogP contribution in [0.3, 0.4) is 0 Å². The molecular weight excluding hydrogens is 514 g/mol. The third kappa shape index (κ3) is 9.20. The van der Waals surface area contributed by atoms with Crippen molar-refractivity contribution in [1.82, 2.24) is 5.32 Å². The molecule has 0 saturated heterocycles. The van der Waals surface area contributed by atoms with Gasteiger partial charge in [0.1, 0.15) is 23.0 Å². The lowest BCUT2D eigenvalue weighted by Gasteiger charge is -2.21. The van der Waals surface area contributed by atoms with Crippen LogP contribution in [0.2, 0.25) is 0 Å². The maximum Gasteiger partial charge on any atom is 0.333 e. The molecule has 0 saturated carbocycles. The van der Waals surface area contributed by atoms with E-state index < -0.39 is 12.1 Å². The topological polar surface area (TPSA) is 113 Å². The van der Waals surface area contributed by atoms with Gasteiger partial charge in [0.2, 0.25) is 0 Å². The van der Waals surface area contributed by atoms with E-state index in [-0.39, 0.29) is 25.0 Å². The molecule has 9 heteroatoms. The first kappa shape index (κ1) is 30.3. The Labute approximate surface area is 235 Å². The smallest absolute Gasteiger partial charge is 0.333 e. The number of carbonyl (C=O) groups is 2. The minimum absolute atomic E-state index is 0.189. The van der Waals surface area contributed by atoms with Gasteiger partial charge in [-0.25, -0.2) is 4.79 Å². The number of benzene rings is 3. The summed E-state index contributed by atoms with van der Waals surface area (Å²) in [4.78, 5) is 24.3. The highest BCUT2D eigenvalue weighted by molar-refractivity contribution is 5.78. The maximum absolute atomic E-state index is 13.0. The predicted octanol–water partition coefficient (Wildman–Crippen LogP) is 4.61. The van der Waals surface area contributed by atoms with Crippen molar-refractivity contribution in [2.75, 3.05) is 34.0 Å². The Morgan fingerprint density at radius 2 is 1.35 bits per heavy atom.